The number of hydrogen-bond donors (Lipinski definition) is 1. The molecule has 19 heavy (non-hydrogen) atoms. The van der Waals surface area contributed by atoms with Crippen molar-refractivity contribution < 1.29 is 9.59 Å². The topological polar surface area (TPSA) is 49.4 Å². The molecule has 2 unspecified atom stereocenters. The summed E-state index contributed by atoms with van der Waals surface area (Å²) >= 11 is 5.05. The van der Waals surface area contributed by atoms with Gasteiger partial charge in [-0.1, -0.05) is 13.8 Å². The Balaban J connectivity index is 2.23. The number of nitrogens with zero attached hydrogens (tertiary/aromatic N) is 1. The Morgan fingerprint density at radius 3 is 2.68 bits per heavy atom. The van der Waals surface area contributed by atoms with Gasteiger partial charge < -0.3 is 10.2 Å². The number of hydrogen-bond acceptors (Lipinski definition) is 3. The monoisotopic (exact) mass is 344 g/mol. The number of carbonyl (C=O) groups excluding carboxylic acids is 2. The normalized spacial score (nSPS) is 23.9. The average molecular weight is 345 g/mol. The lowest BCUT2D eigenvalue weighted by Gasteiger charge is -2.38. The van der Waals surface area contributed by atoms with E-state index in [1.807, 2.05) is 25.3 Å². The summed E-state index contributed by atoms with van der Waals surface area (Å²) in [5.41, 5.74) is 0. The predicted octanol–water partition coefficient (Wildman–Crippen LogP) is 2.38. The van der Waals surface area contributed by atoms with Crippen LogP contribution in [0, 0.1) is 5.92 Å². The van der Waals surface area contributed by atoms with E-state index in [4.69, 9.17) is 0 Å². The molecule has 2 rings (SSSR count). The molecule has 2 atom stereocenters. The standard InChI is InChI=1S/C13H17BrN2O2S/c1-7(2)11-13(18)16(8(3)12(17)15-11)6-10-9(14)4-5-19-10/h4-5,7-8,11H,6H2,1-3H3,(H,15,17). The highest BCUT2D eigenvalue weighted by molar-refractivity contribution is 9.10. The van der Waals surface area contributed by atoms with Crippen LogP contribution in [-0.4, -0.2) is 28.8 Å². The van der Waals surface area contributed by atoms with Gasteiger partial charge in [-0.2, -0.15) is 0 Å². The van der Waals surface area contributed by atoms with E-state index in [0.717, 1.165) is 9.35 Å². The Morgan fingerprint density at radius 2 is 2.16 bits per heavy atom. The molecule has 1 aliphatic rings. The third-order valence-corrected chi connectivity index (χ3v) is 5.28. The van der Waals surface area contributed by atoms with Crippen molar-refractivity contribution in [2.75, 3.05) is 0 Å². The molecular weight excluding hydrogens is 328 g/mol. The van der Waals surface area contributed by atoms with Crippen molar-refractivity contribution >= 4 is 39.1 Å². The van der Waals surface area contributed by atoms with Gasteiger partial charge in [-0.3, -0.25) is 9.59 Å². The Labute approximate surface area is 125 Å². The second kappa shape index (κ2) is 5.63. The van der Waals surface area contributed by atoms with Crippen LogP contribution in [0.25, 0.3) is 0 Å². The van der Waals surface area contributed by atoms with Crippen molar-refractivity contribution in [2.24, 2.45) is 5.92 Å². The van der Waals surface area contributed by atoms with Gasteiger partial charge >= 0.3 is 0 Å². The van der Waals surface area contributed by atoms with Gasteiger partial charge in [0, 0.05) is 9.35 Å². The van der Waals surface area contributed by atoms with Crippen LogP contribution in [0.4, 0.5) is 0 Å². The van der Waals surface area contributed by atoms with E-state index >= 15 is 0 Å². The van der Waals surface area contributed by atoms with Crippen LogP contribution < -0.4 is 5.32 Å². The van der Waals surface area contributed by atoms with Crippen LogP contribution in [-0.2, 0) is 16.1 Å². The van der Waals surface area contributed by atoms with E-state index in [2.05, 4.69) is 21.2 Å². The number of carbonyl (C=O) groups is 2. The zero-order chi connectivity index (χ0) is 14.2. The quantitative estimate of drug-likeness (QED) is 0.915. The summed E-state index contributed by atoms with van der Waals surface area (Å²) in [5, 5.41) is 4.77. The molecule has 6 heteroatoms. The van der Waals surface area contributed by atoms with Crippen molar-refractivity contribution in [1.82, 2.24) is 10.2 Å². The van der Waals surface area contributed by atoms with Gasteiger partial charge in [0.05, 0.1) is 6.54 Å². The molecular formula is C13H17BrN2O2S. The van der Waals surface area contributed by atoms with Crippen LogP contribution in [0.1, 0.15) is 25.6 Å². The molecule has 0 radical (unpaired) electrons. The molecule has 1 aromatic heterocycles. The smallest absolute Gasteiger partial charge is 0.246 e. The van der Waals surface area contributed by atoms with E-state index in [1.165, 1.54) is 0 Å². The summed E-state index contributed by atoms with van der Waals surface area (Å²) < 4.78 is 0.990. The predicted molar refractivity (Wildman–Crippen MR) is 78.8 cm³/mol. The fourth-order valence-electron chi connectivity index (χ4n) is 2.11. The lowest BCUT2D eigenvalue weighted by Crippen LogP contribution is -2.63. The Kier molecular flexibility index (Phi) is 4.30. The molecule has 0 saturated carbocycles. The van der Waals surface area contributed by atoms with Gasteiger partial charge in [0.15, 0.2) is 0 Å². The number of thiophene rings is 1. The molecule has 1 fully saturated rings. The maximum atomic E-state index is 12.5. The molecule has 1 aromatic rings. The molecule has 4 nitrogen and oxygen atoms in total. The zero-order valence-electron chi connectivity index (χ0n) is 11.1. The van der Waals surface area contributed by atoms with Crippen LogP contribution in [0.5, 0.6) is 0 Å². The summed E-state index contributed by atoms with van der Waals surface area (Å²) in [6, 6.07) is 1.12. The fraction of sp³-hybridized carbons (Fsp3) is 0.538. The Hall–Kier alpha value is -0.880. The van der Waals surface area contributed by atoms with E-state index in [1.54, 1.807) is 23.2 Å². The molecule has 2 heterocycles. The number of piperazine rings is 1. The summed E-state index contributed by atoms with van der Waals surface area (Å²) in [4.78, 5) is 27.2. The lowest BCUT2D eigenvalue weighted by molar-refractivity contribution is -0.150. The molecule has 0 aromatic carbocycles. The highest BCUT2D eigenvalue weighted by Crippen LogP contribution is 2.26. The van der Waals surface area contributed by atoms with E-state index < -0.39 is 12.1 Å². The third-order valence-electron chi connectivity index (χ3n) is 3.37. The van der Waals surface area contributed by atoms with Crippen molar-refractivity contribution in [3.63, 3.8) is 0 Å². The van der Waals surface area contributed by atoms with Gasteiger partial charge in [-0.05, 0) is 40.2 Å². The molecule has 1 saturated heterocycles. The number of rotatable bonds is 3. The Bertz CT molecular complexity index is 501. The van der Waals surface area contributed by atoms with E-state index in [9.17, 15) is 9.59 Å². The second-order valence-electron chi connectivity index (χ2n) is 5.06. The fourth-order valence-corrected chi connectivity index (χ4v) is 3.58. The van der Waals surface area contributed by atoms with Gasteiger partial charge in [-0.25, -0.2) is 0 Å². The number of amides is 2. The maximum absolute atomic E-state index is 12.5. The number of halogens is 1. The molecule has 104 valence electrons. The minimum Gasteiger partial charge on any atom is -0.342 e. The van der Waals surface area contributed by atoms with Crippen molar-refractivity contribution in [1.29, 1.82) is 0 Å². The lowest BCUT2D eigenvalue weighted by atomic mass is 9.98. The van der Waals surface area contributed by atoms with Crippen LogP contribution in [0.15, 0.2) is 15.9 Å². The van der Waals surface area contributed by atoms with Gasteiger partial charge in [0.25, 0.3) is 0 Å². The first kappa shape index (κ1) is 14.5. The van der Waals surface area contributed by atoms with Crippen molar-refractivity contribution in [3.8, 4) is 0 Å². The van der Waals surface area contributed by atoms with Crippen LogP contribution in [0.2, 0.25) is 0 Å². The van der Waals surface area contributed by atoms with Gasteiger partial charge in [0.1, 0.15) is 12.1 Å². The molecule has 0 aliphatic carbocycles. The second-order valence-corrected chi connectivity index (χ2v) is 6.92. The molecule has 1 N–H and O–H groups in total. The molecule has 0 spiro atoms. The van der Waals surface area contributed by atoms with E-state index in [-0.39, 0.29) is 17.7 Å². The third kappa shape index (κ3) is 2.84. The Morgan fingerprint density at radius 1 is 1.47 bits per heavy atom. The summed E-state index contributed by atoms with van der Waals surface area (Å²) in [6.45, 7) is 6.14. The van der Waals surface area contributed by atoms with E-state index in [0.29, 0.717) is 6.54 Å². The van der Waals surface area contributed by atoms with Crippen molar-refractivity contribution in [3.05, 3.63) is 20.8 Å². The summed E-state index contributed by atoms with van der Waals surface area (Å²) in [5.74, 6) is 0.0200. The summed E-state index contributed by atoms with van der Waals surface area (Å²) in [7, 11) is 0. The minimum absolute atomic E-state index is 0.00222. The molecule has 1 aliphatic heterocycles. The first-order valence-electron chi connectivity index (χ1n) is 6.24. The molecule has 0 bridgehead atoms. The minimum atomic E-state index is -0.420. The van der Waals surface area contributed by atoms with Crippen LogP contribution in [0.3, 0.4) is 0 Å². The summed E-state index contributed by atoms with van der Waals surface area (Å²) in [6.07, 6.45) is 0. The first-order chi connectivity index (χ1) is 8.91. The average Bonchev–Trinajstić information content (AvgIpc) is 2.74. The van der Waals surface area contributed by atoms with Crippen molar-refractivity contribution in [2.45, 2.75) is 39.4 Å². The zero-order valence-corrected chi connectivity index (χ0v) is 13.5. The van der Waals surface area contributed by atoms with Gasteiger partial charge in [-0.15, -0.1) is 11.3 Å². The number of nitrogens with one attached hydrogen (secondary N) is 1. The first-order valence-corrected chi connectivity index (χ1v) is 7.91. The largest absolute Gasteiger partial charge is 0.342 e. The SMILES string of the molecule is CC(C)C1NC(=O)C(C)N(Cc2sccc2Br)C1=O. The highest BCUT2D eigenvalue weighted by atomic mass is 79.9. The van der Waals surface area contributed by atoms with Gasteiger partial charge in [0.2, 0.25) is 11.8 Å². The highest BCUT2D eigenvalue weighted by Gasteiger charge is 2.39. The van der Waals surface area contributed by atoms with Crippen LogP contribution >= 0.6 is 27.3 Å². The molecule has 2 amide bonds. The maximum Gasteiger partial charge on any atom is 0.246 e.